The Kier molecular flexibility index (Phi) is 7.27. The summed E-state index contributed by atoms with van der Waals surface area (Å²) in [6.45, 7) is 1.32. The zero-order valence-electron chi connectivity index (χ0n) is 16.7. The summed E-state index contributed by atoms with van der Waals surface area (Å²) in [5, 5.41) is 2.75. The molecule has 2 amide bonds. The van der Waals surface area contributed by atoms with E-state index in [0.717, 1.165) is 30.4 Å². The molecule has 1 N–H and O–H groups in total. The van der Waals surface area contributed by atoms with Crippen molar-refractivity contribution in [2.75, 3.05) is 37.9 Å². The Morgan fingerprint density at radius 2 is 1.70 bits per heavy atom. The molecule has 30 heavy (non-hydrogen) atoms. The second-order valence-electron chi connectivity index (χ2n) is 7.31. The van der Waals surface area contributed by atoms with Gasteiger partial charge < -0.3 is 10.2 Å². The summed E-state index contributed by atoms with van der Waals surface area (Å²) in [7, 11) is -2.00. The lowest BCUT2D eigenvalue weighted by molar-refractivity contribution is -0.116. The number of amides is 2. The number of likely N-dealkylation sites (tertiary alicyclic amines) is 1. The van der Waals surface area contributed by atoms with Crippen LogP contribution in [0.5, 0.6) is 0 Å². The van der Waals surface area contributed by atoms with Crippen LogP contribution < -0.4 is 5.32 Å². The molecule has 0 atom stereocenters. The Morgan fingerprint density at radius 1 is 1.07 bits per heavy atom. The number of nitrogens with one attached hydrogen (secondary N) is 1. The minimum atomic E-state index is -3.56. The molecule has 0 aliphatic carbocycles. The number of hydrogen-bond donors (Lipinski definition) is 1. The van der Waals surface area contributed by atoms with E-state index in [0.29, 0.717) is 11.3 Å². The van der Waals surface area contributed by atoms with Crippen LogP contribution in [0.1, 0.15) is 23.2 Å². The third-order valence-electron chi connectivity index (χ3n) is 4.80. The van der Waals surface area contributed by atoms with Crippen LogP contribution in [0, 0.1) is 0 Å². The maximum atomic E-state index is 12.7. The zero-order chi connectivity index (χ0) is 21.7. The van der Waals surface area contributed by atoms with Crippen molar-refractivity contribution in [1.82, 2.24) is 9.80 Å². The second kappa shape index (κ2) is 9.72. The lowest BCUT2D eigenvalue weighted by Gasteiger charge is -2.19. The first-order valence-corrected chi connectivity index (χ1v) is 12.1. The van der Waals surface area contributed by atoms with Crippen LogP contribution in [0.4, 0.5) is 5.69 Å². The average Bonchev–Trinajstić information content (AvgIpc) is 3.22. The van der Waals surface area contributed by atoms with Crippen molar-refractivity contribution in [2.24, 2.45) is 0 Å². The van der Waals surface area contributed by atoms with E-state index >= 15 is 0 Å². The SMILES string of the molecule is CN(CC(=O)Nc1ccccc1C(=O)N1CCCC1)CS(=O)(=O)c1ccc(Br)cc1. The lowest BCUT2D eigenvalue weighted by atomic mass is 10.1. The van der Waals surface area contributed by atoms with Gasteiger partial charge in [-0.1, -0.05) is 28.1 Å². The summed E-state index contributed by atoms with van der Waals surface area (Å²) in [4.78, 5) is 28.6. The number of rotatable bonds is 7. The smallest absolute Gasteiger partial charge is 0.255 e. The summed E-state index contributed by atoms with van der Waals surface area (Å²) < 4.78 is 25.9. The number of para-hydroxylation sites is 1. The monoisotopic (exact) mass is 493 g/mol. The highest BCUT2D eigenvalue weighted by Gasteiger charge is 2.23. The summed E-state index contributed by atoms with van der Waals surface area (Å²) in [5.41, 5.74) is 0.876. The van der Waals surface area contributed by atoms with Gasteiger partial charge >= 0.3 is 0 Å². The third-order valence-corrected chi connectivity index (χ3v) is 7.10. The molecule has 0 saturated carbocycles. The zero-order valence-corrected chi connectivity index (χ0v) is 19.1. The number of halogens is 1. The highest BCUT2D eigenvalue weighted by atomic mass is 79.9. The van der Waals surface area contributed by atoms with Gasteiger partial charge in [-0.25, -0.2) is 8.42 Å². The number of likely N-dealkylation sites (N-methyl/N-ethyl adjacent to an activating group) is 1. The molecule has 0 unspecified atom stereocenters. The van der Waals surface area contributed by atoms with Gasteiger partial charge in [0.2, 0.25) is 5.91 Å². The van der Waals surface area contributed by atoms with Crippen molar-refractivity contribution in [3.8, 4) is 0 Å². The molecule has 1 fully saturated rings. The number of sulfone groups is 1. The molecule has 0 radical (unpaired) electrons. The van der Waals surface area contributed by atoms with E-state index in [-0.39, 0.29) is 29.1 Å². The van der Waals surface area contributed by atoms with E-state index in [1.165, 1.54) is 17.0 Å². The predicted octanol–water partition coefficient (Wildman–Crippen LogP) is 2.99. The van der Waals surface area contributed by atoms with Crippen molar-refractivity contribution in [2.45, 2.75) is 17.7 Å². The lowest BCUT2D eigenvalue weighted by Crippen LogP contribution is -2.34. The normalized spacial score (nSPS) is 14.2. The quantitative estimate of drug-likeness (QED) is 0.640. The first-order chi connectivity index (χ1) is 14.3. The Morgan fingerprint density at radius 3 is 2.37 bits per heavy atom. The van der Waals surface area contributed by atoms with Gasteiger partial charge in [0, 0.05) is 17.6 Å². The van der Waals surface area contributed by atoms with E-state index < -0.39 is 9.84 Å². The fraction of sp³-hybridized carbons (Fsp3) is 0.333. The number of benzene rings is 2. The average molecular weight is 494 g/mol. The Hall–Kier alpha value is -2.23. The van der Waals surface area contributed by atoms with Gasteiger partial charge in [-0.15, -0.1) is 0 Å². The molecule has 1 heterocycles. The fourth-order valence-electron chi connectivity index (χ4n) is 3.36. The number of carbonyl (C=O) groups excluding carboxylic acids is 2. The van der Waals surface area contributed by atoms with Gasteiger partial charge in [0.15, 0.2) is 9.84 Å². The highest BCUT2D eigenvalue weighted by molar-refractivity contribution is 9.10. The predicted molar refractivity (Wildman–Crippen MR) is 119 cm³/mol. The van der Waals surface area contributed by atoms with Crippen LogP contribution in [0.25, 0.3) is 0 Å². The van der Waals surface area contributed by atoms with Gasteiger partial charge in [0.25, 0.3) is 5.91 Å². The van der Waals surface area contributed by atoms with Crippen LogP contribution in [-0.4, -0.2) is 62.6 Å². The van der Waals surface area contributed by atoms with E-state index in [4.69, 9.17) is 0 Å². The Labute approximate surface area is 185 Å². The first-order valence-electron chi connectivity index (χ1n) is 9.61. The summed E-state index contributed by atoms with van der Waals surface area (Å²) in [5.74, 6) is -0.782. The van der Waals surface area contributed by atoms with E-state index in [9.17, 15) is 18.0 Å². The van der Waals surface area contributed by atoms with Crippen molar-refractivity contribution in [3.05, 3.63) is 58.6 Å². The minimum absolute atomic E-state index is 0.102. The van der Waals surface area contributed by atoms with Gasteiger partial charge in [0.1, 0.15) is 5.88 Å². The summed E-state index contributed by atoms with van der Waals surface area (Å²) in [6.07, 6.45) is 1.97. The molecule has 2 aromatic carbocycles. The van der Waals surface area contributed by atoms with Crippen LogP contribution in [0.3, 0.4) is 0 Å². The molecular formula is C21H24BrN3O4S. The number of carbonyl (C=O) groups is 2. The maximum absolute atomic E-state index is 12.7. The minimum Gasteiger partial charge on any atom is -0.339 e. The van der Waals surface area contributed by atoms with Gasteiger partial charge in [-0.2, -0.15) is 0 Å². The molecule has 2 aromatic rings. The van der Waals surface area contributed by atoms with Crippen LogP contribution in [-0.2, 0) is 14.6 Å². The maximum Gasteiger partial charge on any atom is 0.255 e. The molecule has 160 valence electrons. The molecule has 1 saturated heterocycles. The molecule has 3 rings (SSSR count). The van der Waals surface area contributed by atoms with Gasteiger partial charge in [0.05, 0.1) is 22.7 Å². The molecule has 0 aromatic heterocycles. The van der Waals surface area contributed by atoms with Gasteiger partial charge in [-0.3, -0.25) is 14.5 Å². The van der Waals surface area contributed by atoms with Crippen LogP contribution >= 0.6 is 15.9 Å². The number of anilines is 1. The first kappa shape index (κ1) is 22.5. The Balaban J connectivity index is 1.63. The molecule has 1 aliphatic heterocycles. The molecule has 7 nitrogen and oxygen atoms in total. The van der Waals surface area contributed by atoms with E-state index in [1.807, 2.05) is 0 Å². The van der Waals surface area contributed by atoms with E-state index in [2.05, 4.69) is 21.2 Å². The van der Waals surface area contributed by atoms with Crippen molar-refractivity contribution in [1.29, 1.82) is 0 Å². The third kappa shape index (κ3) is 5.68. The second-order valence-corrected chi connectivity index (χ2v) is 10.2. The molecule has 0 bridgehead atoms. The standard InChI is InChI=1S/C21H24BrN3O4S/c1-24(15-30(28,29)17-10-8-16(22)9-11-17)14-20(26)23-19-7-3-2-6-18(19)21(27)25-12-4-5-13-25/h2-3,6-11H,4-5,12-15H2,1H3,(H,23,26). The summed E-state index contributed by atoms with van der Waals surface area (Å²) in [6, 6.07) is 13.2. The van der Waals surface area contributed by atoms with E-state index in [1.54, 1.807) is 48.3 Å². The number of nitrogens with zero attached hydrogens (tertiary/aromatic N) is 2. The molecular weight excluding hydrogens is 470 g/mol. The van der Waals surface area contributed by atoms with Crippen LogP contribution in [0.2, 0.25) is 0 Å². The fourth-order valence-corrected chi connectivity index (χ4v) is 4.99. The largest absolute Gasteiger partial charge is 0.339 e. The van der Waals surface area contributed by atoms with Crippen molar-refractivity contribution in [3.63, 3.8) is 0 Å². The van der Waals surface area contributed by atoms with Crippen LogP contribution in [0.15, 0.2) is 57.9 Å². The summed E-state index contributed by atoms with van der Waals surface area (Å²) >= 11 is 3.28. The van der Waals surface area contributed by atoms with Gasteiger partial charge in [-0.05, 0) is 56.3 Å². The molecule has 9 heteroatoms. The molecule has 1 aliphatic rings. The van der Waals surface area contributed by atoms with Crippen molar-refractivity contribution >= 4 is 43.3 Å². The Bertz CT molecular complexity index is 1020. The molecule has 0 spiro atoms. The number of hydrogen-bond acceptors (Lipinski definition) is 5. The topological polar surface area (TPSA) is 86.8 Å². The highest BCUT2D eigenvalue weighted by Crippen LogP contribution is 2.20. The van der Waals surface area contributed by atoms with Crippen molar-refractivity contribution < 1.29 is 18.0 Å².